The number of carbonyl (C=O) groups is 2. The Morgan fingerprint density at radius 1 is 1.27 bits per heavy atom. The van der Waals surface area contributed by atoms with Gasteiger partial charge in [0.25, 0.3) is 5.91 Å². The van der Waals surface area contributed by atoms with Crippen molar-refractivity contribution in [2.75, 3.05) is 7.11 Å². The molecule has 0 unspecified atom stereocenters. The minimum atomic E-state index is -0.400. The van der Waals surface area contributed by atoms with Gasteiger partial charge in [0.15, 0.2) is 0 Å². The van der Waals surface area contributed by atoms with Crippen LogP contribution in [0.3, 0.4) is 0 Å². The molecule has 0 aromatic heterocycles. The molecule has 5 heteroatoms. The summed E-state index contributed by atoms with van der Waals surface area (Å²) in [6, 6.07) is -0.784. The summed E-state index contributed by atoms with van der Waals surface area (Å²) < 4.78 is 5.37. The van der Waals surface area contributed by atoms with Crippen LogP contribution in [0.1, 0.15) is 25.7 Å². The Hall–Kier alpha value is -1.10. The molecule has 0 bridgehead atoms. The van der Waals surface area contributed by atoms with E-state index in [0.29, 0.717) is 0 Å². The fourth-order valence-electron chi connectivity index (χ4n) is 2.53. The average Bonchev–Trinajstić information content (AvgIpc) is 2.57. The summed E-state index contributed by atoms with van der Waals surface area (Å²) in [5, 5.41) is 4.92. The molecule has 1 aliphatic carbocycles. The van der Waals surface area contributed by atoms with Crippen LogP contribution < -0.4 is 10.6 Å². The molecule has 2 fully saturated rings. The summed E-state index contributed by atoms with van der Waals surface area (Å²) in [5.74, 6) is -0.0934. The molecule has 1 heterocycles. The molecule has 0 radical (unpaired) electrons. The van der Waals surface area contributed by atoms with Crippen molar-refractivity contribution in [1.82, 2.24) is 10.6 Å². The van der Waals surface area contributed by atoms with Crippen molar-refractivity contribution in [3.8, 4) is 0 Å². The van der Waals surface area contributed by atoms with Crippen LogP contribution in [-0.2, 0) is 9.53 Å². The quantitative estimate of drug-likeness (QED) is 0.651. The van der Waals surface area contributed by atoms with Gasteiger partial charge in [0.05, 0.1) is 6.10 Å². The number of ether oxygens (including phenoxy) is 1. The van der Waals surface area contributed by atoms with Gasteiger partial charge in [-0.2, -0.15) is 0 Å². The van der Waals surface area contributed by atoms with Crippen LogP contribution in [-0.4, -0.2) is 31.2 Å². The largest absolute Gasteiger partial charge is 0.381 e. The summed E-state index contributed by atoms with van der Waals surface area (Å²) >= 11 is 0. The number of nitrogens with one attached hydrogen (secondary N) is 2. The Labute approximate surface area is 88.5 Å². The predicted octanol–water partition coefficient (Wildman–Crippen LogP) is 0.400. The van der Waals surface area contributed by atoms with E-state index in [2.05, 4.69) is 10.6 Å². The number of methoxy groups -OCH3 is 1. The van der Waals surface area contributed by atoms with Crippen LogP contribution in [0.25, 0.3) is 0 Å². The molecule has 0 spiro atoms. The second-order valence-corrected chi connectivity index (χ2v) is 4.16. The number of rotatable bonds is 2. The first-order valence-corrected chi connectivity index (χ1v) is 5.36. The molecule has 1 saturated carbocycles. The minimum absolute atomic E-state index is 0.0906. The molecule has 2 rings (SSSR count). The summed E-state index contributed by atoms with van der Waals surface area (Å²) in [6.45, 7) is 0. The maximum atomic E-state index is 11.5. The number of imide groups is 1. The van der Waals surface area contributed by atoms with E-state index in [-0.39, 0.29) is 24.0 Å². The van der Waals surface area contributed by atoms with Crippen molar-refractivity contribution in [2.24, 2.45) is 5.92 Å². The zero-order valence-electron chi connectivity index (χ0n) is 8.79. The molecule has 5 nitrogen and oxygen atoms in total. The molecule has 1 aliphatic heterocycles. The normalized spacial score (nSPS) is 36.2. The number of amides is 3. The van der Waals surface area contributed by atoms with Gasteiger partial charge in [-0.05, 0) is 12.8 Å². The molecule has 84 valence electrons. The van der Waals surface area contributed by atoms with Crippen molar-refractivity contribution >= 4 is 11.9 Å². The molecule has 2 aliphatic rings. The van der Waals surface area contributed by atoms with E-state index in [1.54, 1.807) is 7.11 Å². The Bertz CT molecular complexity index is 280. The number of urea groups is 1. The first kappa shape index (κ1) is 10.4. The highest BCUT2D eigenvalue weighted by atomic mass is 16.5. The van der Waals surface area contributed by atoms with Crippen molar-refractivity contribution in [1.29, 1.82) is 0 Å². The Balaban J connectivity index is 2.07. The topological polar surface area (TPSA) is 67.4 Å². The van der Waals surface area contributed by atoms with Crippen LogP contribution in [0.5, 0.6) is 0 Å². The van der Waals surface area contributed by atoms with E-state index in [1.165, 1.54) is 0 Å². The molecular formula is C10H16N2O3. The first-order chi connectivity index (χ1) is 7.22. The Morgan fingerprint density at radius 3 is 2.60 bits per heavy atom. The first-order valence-electron chi connectivity index (χ1n) is 5.36. The SMILES string of the molecule is CO[C@H]1CCCC[C@H]1[C@H]1NC(=O)NC1=O. The van der Waals surface area contributed by atoms with Gasteiger partial charge < -0.3 is 10.1 Å². The van der Waals surface area contributed by atoms with E-state index in [0.717, 1.165) is 25.7 Å². The van der Waals surface area contributed by atoms with Crippen LogP contribution in [0, 0.1) is 5.92 Å². The van der Waals surface area contributed by atoms with E-state index in [4.69, 9.17) is 4.74 Å². The molecule has 0 aromatic rings. The lowest BCUT2D eigenvalue weighted by Gasteiger charge is -2.32. The third kappa shape index (κ3) is 1.97. The van der Waals surface area contributed by atoms with Gasteiger partial charge in [0.1, 0.15) is 6.04 Å². The number of hydrogen-bond acceptors (Lipinski definition) is 3. The smallest absolute Gasteiger partial charge is 0.322 e. The summed E-state index contributed by atoms with van der Waals surface area (Å²) in [4.78, 5) is 22.5. The number of carbonyl (C=O) groups excluding carboxylic acids is 2. The van der Waals surface area contributed by atoms with Gasteiger partial charge >= 0.3 is 6.03 Å². The molecule has 15 heavy (non-hydrogen) atoms. The second-order valence-electron chi connectivity index (χ2n) is 4.16. The van der Waals surface area contributed by atoms with Gasteiger partial charge in [-0.3, -0.25) is 10.1 Å². The van der Waals surface area contributed by atoms with Crippen LogP contribution in [0.2, 0.25) is 0 Å². The van der Waals surface area contributed by atoms with Crippen molar-refractivity contribution in [3.05, 3.63) is 0 Å². The summed E-state index contributed by atoms with van der Waals surface area (Å²) in [6.07, 6.45) is 4.24. The zero-order chi connectivity index (χ0) is 10.8. The fraction of sp³-hybridized carbons (Fsp3) is 0.800. The minimum Gasteiger partial charge on any atom is -0.381 e. The van der Waals surface area contributed by atoms with E-state index in [1.807, 2.05) is 0 Å². The highest BCUT2D eigenvalue weighted by Crippen LogP contribution is 2.30. The fourth-order valence-corrected chi connectivity index (χ4v) is 2.53. The lowest BCUT2D eigenvalue weighted by atomic mass is 9.81. The average molecular weight is 212 g/mol. The molecule has 1 saturated heterocycles. The van der Waals surface area contributed by atoms with Gasteiger partial charge in [0, 0.05) is 13.0 Å². The van der Waals surface area contributed by atoms with Crippen LogP contribution in [0.4, 0.5) is 4.79 Å². The summed E-state index contributed by atoms with van der Waals surface area (Å²) in [7, 11) is 1.66. The Kier molecular flexibility index (Phi) is 2.90. The van der Waals surface area contributed by atoms with Gasteiger partial charge in [-0.25, -0.2) is 4.79 Å². The van der Waals surface area contributed by atoms with E-state index < -0.39 is 6.04 Å². The third-order valence-corrected chi connectivity index (χ3v) is 3.29. The van der Waals surface area contributed by atoms with Crippen LogP contribution in [0.15, 0.2) is 0 Å². The molecule has 3 amide bonds. The zero-order valence-corrected chi connectivity index (χ0v) is 8.79. The highest BCUT2D eigenvalue weighted by Gasteiger charge is 2.41. The highest BCUT2D eigenvalue weighted by molar-refractivity contribution is 6.04. The maximum Gasteiger partial charge on any atom is 0.322 e. The lowest BCUT2D eigenvalue weighted by molar-refractivity contribution is -0.123. The van der Waals surface area contributed by atoms with Crippen molar-refractivity contribution < 1.29 is 14.3 Å². The summed E-state index contributed by atoms with van der Waals surface area (Å²) in [5.41, 5.74) is 0. The Morgan fingerprint density at radius 2 is 2.00 bits per heavy atom. The van der Waals surface area contributed by atoms with E-state index in [9.17, 15) is 9.59 Å². The van der Waals surface area contributed by atoms with Gasteiger partial charge in [0.2, 0.25) is 0 Å². The van der Waals surface area contributed by atoms with Crippen molar-refractivity contribution in [2.45, 2.75) is 37.8 Å². The molecule has 2 N–H and O–H groups in total. The predicted molar refractivity (Wildman–Crippen MR) is 53.2 cm³/mol. The molecular weight excluding hydrogens is 196 g/mol. The van der Waals surface area contributed by atoms with Gasteiger partial charge in [-0.1, -0.05) is 12.8 Å². The van der Waals surface area contributed by atoms with Crippen molar-refractivity contribution in [3.63, 3.8) is 0 Å². The second kappa shape index (κ2) is 4.18. The standard InChI is InChI=1S/C10H16N2O3/c1-15-7-5-3-2-4-6(7)8-9(13)12-10(14)11-8/h6-8H,2-5H2,1H3,(H2,11,12,13,14)/t6-,7+,8-/m1/s1. The maximum absolute atomic E-state index is 11.5. The molecule has 0 aromatic carbocycles. The lowest BCUT2D eigenvalue weighted by Crippen LogP contribution is -2.45. The van der Waals surface area contributed by atoms with Crippen LogP contribution >= 0.6 is 0 Å². The van der Waals surface area contributed by atoms with Gasteiger partial charge in [-0.15, -0.1) is 0 Å². The van der Waals surface area contributed by atoms with E-state index >= 15 is 0 Å². The third-order valence-electron chi connectivity index (χ3n) is 3.29. The monoisotopic (exact) mass is 212 g/mol. The molecule has 3 atom stereocenters. The number of hydrogen-bond donors (Lipinski definition) is 2.